The Morgan fingerprint density at radius 2 is 1.36 bits per heavy atom. The van der Waals surface area contributed by atoms with E-state index in [1.807, 2.05) is 12.1 Å². The van der Waals surface area contributed by atoms with Crippen LogP contribution in [-0.2, 0) is 4.79 Å². The Balaban J connectivity index is 1.98. The van der Waals surface area contributed by atoms with Gasteiger partial charge in [0.25, 0.3) is 0 Å². The van der Waals surface area contributed by atoms with Crippen LogP contribution in [0, 0.1) is 0 Å². The molecule has 0 bridgehead atoms. The van der Waals surface area contributed by atoms with E-state index in [0.717, 1.165) is 6.42 Å². The van der Waals surface area contributed by atoms with E-state index in [9.17, 15) is 4.79 Å². The first-order valence-corrected chi connectivity index (χ1v) is 8.64. The average molecular weight is 305 g/mol. The Kier molecular flexibility index (Phi) is 11.1. The van der Waals surface area contributed by atoms with Crippen LogP contribution in [-0.4, -0.2) is 13.1 Å². The van der Waals surface area contributed by atoms with E-state index in [2.05, 4.69) is 6.92 Å². The molecule has 1 aromatic rings. The van der Waals surface area contributed by atoms with Gasteiger partial charge in [0.15, 0.2) is 11.5 Å². The van der Waals surface area contributed by atoms with Crippen molar-refractivity contribution in [2.24, 2.45) is 0 Å². The van der Waals surface area contributed by atoms with Crippen LogP contribution < -0.4 is 9.47 Å². The first kappa shape index (κ1) is 18.5. The smallest absolute Gasteiger partial charge is 0.423 e. The number of carbonyl (C=O) groups excluding carboxylic acids is 1. The van der Waals surface area contributed by atoms with Gasteiger partial charge < -0.3 is 9.47 Å². The van der Waals surface area contributed by atoms with Crippen molar-refractivity contribution in [2.75, 3.05) is 6.61 Å². The summed E-state index contributed by atoms with van der Waals surface area (Å²) in [7, 11) is 0. The monoisotopic (exact) mass is 305 g/mol. The number of rotatable bonds is 14. The van der Waals surface area contributed by atoms with Crippen LogP contribution in [0.2, 0.25) is 0 Å². The van der Waals surface area contributed by atoms with Crippen molar-refractivity contribution in [1.82, 2.24) is 0 Å². The van der Waals surface area contributed by atoms with Crippen molar-refractivity contribution in [3.05, 3.63) is 24.3 Å². The van der Waals surface area contributed by atoms with E-state index in [0.29, 0.717) is 18.1 Å². The molecule has 0 saturated heterocycles. The van der Waals surface area contributed by atoms with Crippen molar-refractivity contribution >= 4 is 6.47 Å². The minimum Gasteiger partial charge on any atom is -0.490 e. The summed E-state index contributed by atoms with van der Waals surface area (Å²) < 4.78 is 10.4. The summed E-state index contributed by atoms with van der Waals surface area (Å²) >= 11 is 0. The lowest BCUT2D eigenvalue weighted by atomic mass is 10.1. The number of ether oxygens (including phenoxy) is 2. The highest BCUT2D eigenvalue weighted by Gasteiger charge is 2.03. The molecule has 0 heterocycles. The molecule has 0 spiro atoms. The van der Waals surface area contributed by atoms with Gasteiger partial charge in [0.2, 0.25) is 0 Å². The molecule has 0 saturated carbocycles. The number of hydrogen-bond donors (Lipinski definition) is 0. The molecule has 0 N–H and O–H groups in total. The minimum atomic E-state index is 0.435. The molecule has 0 amide bonds. The topological polar surface area (TPSA) is 35.5 Å². The standard InChI is InChI=1S/C19H29O3/c1-2-3-4-5-6-7-8-9-10-13-16-21-18-14-11-12-15-19(18)22-17-20/h11-12,14-15H,2-10,13,16H2,1H3. The second-order valence-corrected chi connectivity index (χ2v) is 5.66. The third-order valence-electron chi connectivity index (χ3n) is 3.76. The first-order chi connectivity index (χ1) is 10.9. The number of hydrogen-bond acceptors (Lipinski definition) is 3. The van der Waals surface area contributed by atoms with Gasteiger partial charge in [-0.25, -0.2) is 4.79 Å². The van der Waals surface area contributed by atoms with Crippen LogP contribution in [0.1, 0.15) is 71.1 Å². The second kappa shape index (κ2) is 13.2. The van der Waals surface area contributed by atoms with Crippen molar-refractivity contribution in [3.8, 4) is 11.5 Å². The lowest BCUT2D eigenvalue weighted by Crippen LogP contribution is -2.00. The molecule has 0 unspecified atom stereocenters. The number of unbranched alkanes of at least 4 members (excludes halogenated alkanes) is 9. The van der Waals surface area contributed by atoms with Crippen molar-refractivity contribution in [1.29, 1.82) is 0 Å². The number of benzene rings is 1. The maximum absolute atomic E-state index is 10.3. The maximum atomic E-state index is 10.3. The summed E-state index contributed by atoms with van der Waals surface area (Å²) in [6.07, 6.45) is 13.0. The summed E-state index contributed by atoms with van der Waals surface area (Å²) in [5, 5.41) is 0. The third kappa shape index (κ3) is 8.71. The molecule has 123 valence electrons. The predicted octanol–water partition coefficient (Wildman–Crippen LogP) is 5.43. The number of para-hydroxylation sites is 2. The zero-order chi connectivity index (χ0) is 15.9. The summed E-state index contributed by atoms with van der Waals surface area (Å²) in [6.45, 7) is 4.35. The molecule has 1 radical (unpaired) electrons. The molecule has 0 atom stereocenters. The lowest BCUT2D eigenvalue weighted by Gasteiger charge is -2.09. The van der Waals surface area contributed by atoms with Gasteiger partial charge in [0.1, 0.15) is 0 Å². The van der Waals surface area contributed by atoms with Gasteiger partial charge in [-0.15, -0.1) is 0 Å². The Bertz CT molecular complexity index is 390. The first-order valence-electron chi connectivity index (χ1n) is 8.64. The van der Waals surface area contributed by atoms with E-state index < -0.39 is 0 Å². The highest BCUT2D eigenvalue weighted by Crippen LogP contribution is 2.26. The molecule has 22 heavy (non-hydrogen) atoms. The van der Waals surface area contributed by atoms with Crippen molar-refractivity contribution in [2.45, 2.75) is 71.1 Å². The summed E-state index contributed by atoms with van der Waals surface area (Å²) in [5.41, 5.74) is 0. The van der Waals surface area contributed by atoms with Gasteiger partial charge in [0.05, 0.1) is 6.61 Å². The zero-order valence-corrected chi connectivity index (χ0v) is 13.8. The predicted molar refractivity (Wildman–Crippen MR) is 90.1 cm³/mol. The van der Waals surface area contributed by atoms with Crippen LogP contribution in [0.15, 0.2) is 24.3 Å². The highest BCUT2D eigenvalue weighted by atomic mass is 16.5. The Labute approximate surface area is 135 Å². The largest absolute Gasteiger partial charge is 0.490 e. The maximum Gasteiger partial charge on any atom is 0.423 e. The van der Waals surface area contributed by atoms with Crippen LogP contribution in [0.25, 0.3) is 0 Å². The van der Waals surface area contributed by atoms with Crippen molar-refractivity contribution < 1.29 is 14.3 Å². The molecule has 1 aromatic carbocycles. The van der Waals surface area contributed by atoms with Gasteiger partial charge >= 0.3 is 6.47 Å². The summed E-state index contributed by atoms with van der Waals surface area (Å²) in [4.78, 5) is 10.3. The molecule has 0 aromatic heterocycles. The minimum absolute atomic E-state index is 0.435. The third-order valence-corrected chi connectivity index (χ3v) is 3.76. The Morgan fingerprint density at radius 3 is 1.95 bits per heavy atom. The zero-order valence-electron chi connectivity index (χ0n) is 13.8. The normalized spacial score (nSPS) is 10.4. The van der Waals surface area contributed by atoms with Gasteiger partial charge in [0, 0.05) is 0 Å². The van der Waals surface area contributed by atoms with Gasteiger partial charge in [-0.2, -0.15) is 0 Å². The molecule has 0 fully saturated rings. The molecular formula is C19H29O3. The quantitative estimate of drug-likeness (QED) is 0.430. The van der Waals surface area contributed by atoms with Crippen LogP contribution in [0.3, 0.4) is 0 Å². The lowest BCUT2D eigenvalue weighted by molar-refractivity contribution is 0.293. The SMILES string of the molecule is CCCCCCCCCCCCOc1ccccc1O[C]=O. The Hall–Kier alpha value is -1.51. The van der Waals surface area contributed by atoms with Crippen LogP contribution >= 0.6 is 0 Å². The summed E-state index contributed by atoms with van der Waals surface area (Å²) in [6, 6.07) is 7.19. The van der Waals surface area contributed by atoms with E-state index in [1.54, 1.807) is 12.1 Å². The molecular weight excluding hydrogens is 276 g/mol. The average Bonchev–Trinajstić information content (AvgIpc) is 2.54. The fourth-order valence-electron chi connectivity index (χ4n) is 2.47. The summed E-state index contributed by atoms with van der Waals surface area (Å²) in [5.74, 6) is 1.05. The van der Waals surface area contributed by atoms with Crippen LogP contribution in [0.5, 0.6) is 11.5 Å². The van der Waals surface area contributed by atoms with Gasteiger partial charge in [-0.1, -0.05) is 76.8 Å². The fourth-order valence-corrected chi connectivity index (χ4v) is 2.47. The van der Waals surface area contributed by atoms with Crippen molar-refractivity contribution in [3.63, 3.8) is 0 Å². The molecule has 0 aliphatic heterocycles. The highest BCUT2D eigenvalue weighted by molar-refractivity contribution is 5.51. The van der Waals surface area contributed by atoms with E-state index in [1.165, 1.54) is 64.3 Å². The van der Waals surface area contributed by atoms with E-state index in [4.69, 9.17) is 9.47 Å². The molecule has 0 aliphatic carbocycles. The second-order valence-electron chi connectivity index (χ2n) is 5.66. The Morgan fingerprint density at radius 1 is 0.818 bits per heavy atom. The molecule has 0 aliphatic rings. The molecule has 3 heteroatoms. The van der Waals surface area contributed by atoms with Gasteiger partial charge in [-0.3, -0.25) is 0 Å². The fraction of sp³-hybridized carbons (Fsp3) is 0.632. The van der Waals surface area contributed by atoms with Crippen LogP contribution in [0.4, 0.5) is 0 Å². The molecule has 3 nitrogen and oxygen atoms in total. The van der Waals surface area contributed by atoms with Gasteiger partial charge in [-0.05, 0) is 18.6 Å². The molecule has 1 rings (SSSR count). The van der Waals surface area contributed by atoms with E-state index >= 15 is 0 Å². The van der Waals surface area contributed by atoms with E-state index in [-0.39, 0.29) is 0 Å².